The molecule has 1 aliphatic carbocycles. The third-order valence-electron chi connectivity index (χ3n) is 3.39. The molecular weight excluding hydrogens is 238 g/mol. The number of aliphatic hydroxyl groups excluding tert-OH is 1. The average molecular weight is 253 g/mol. The van der Waals surface area contributed by atoms with Gasteiger partial charge in [-0.05, 0) is 24.8 Å². The van der Waals surface area contributed by atoms with Crippen molar-refractivity contribution in [3.05, 3.63) is 29.8 Å². The molecule has 0 bridgehead atoms. The number of nitrogens with zero attached hydrogens (tertiary/aromatic N) is 1. The first-order valence-electron chi connectivity index (χ1n) is 5.85. The lowest BCUT2D eigenvalue weighted by molar-refractivity contribution is 0.200. The van der Waals surface area contributed by atoms with Crippen LogP contribution < -0.4 is 4.31 Å². The lowest BCUT2D eigenvalue weighted by Crippen LogP contribution is -2.40. The van der Waals surface area contributed by atoms with Gasteiger partial charge in [-0.25, -0.2) is 8.42 Å². The number of benzene rings is 1. The molecule has 1 saturated carbocycles. The van der Waals surface area contributed by atoms with Crippen LogP contribution in [0.25, 0.3) is 0 Å². The smallest absolute Gasteiger partial charge is 0.238 e. The maximum absolute atomic E-state index is 12.1. The summed E-state index contributed by atoms with van der Waals surface area (Å²) in [5.74, 6) is 0.296. The molecule has 5 heteroatoms. The zero-order chi connectivity index (χ0) is 12.0. The van der Waals surface area contributed by atoms with Gasteiger partial charge in [-0.1, -0.05) is 18.2 Å². The van der Waals surface area contributed by atoms with Crippen molar-refractivity contribution >= 4 is 15.7 Å². The Morgan fingerprint density at radius 3 is 2.71 bits per heavy atom. The topological polar surface area (TPSA) is 57.6 Å². The highest BCUT2D eigenvalue weighted by molar-refractivity contribution is 7.92. The summed E-state index contributed by atoms with van der Waals surface area (Å²) in [6.07, 6.45) is 1.32. The minimum Gasteiger partial charge on any atom is -0.387 e. The van der Waals surface area contributed by atoms with Gasteiger partial charge in [-0.3, -0.25) is 4.31 Å². The van der Waals surface area contributed by atoms with Gasteiger partial charge < -0.3 is 5.11 Å². The summed E-state index contributed by atoms with van der Waals surface area (Å²) in [4.78, 5) is 0. The predicted octanol–water partition coefficient (Wildman–Crippen LogP) is 1.28. The van der Waals surface area contributed by atoms with Crippen LogP contribution >= 0.6 is 0 Å². The SMILES string of the molecule is O=S1(=O)C[C@H](O)c2ccccc2N1CC1CC1. The zero-order valence-electron chi connectivity index (χ0n) is 9.41. The zero-order valence-corrected chi connectivity index (χ0v) is 10.2. The van der Waals surface area contributed by atoms with Crippen LogP contribution in [0.5, 0.6) is 0 Å². The number of rotatable bonds is 2. The summed E-state index contributed by atoms with van der Waals surface area (Å²) in [7, 11) is -3.36. The van der Waals surface area contributed by atoms with E-state index in [2.05, 4.69) is 0 Å². The van der Waals surface area contributed by atoms with Gasteiger partial charge in [-0.2, -0.15) is 0 Å². The van der Waals surface area contributed by atoms with Crippen molar-refractivity contribution in [2.75, 3.05) is 16.6 Å². The molecule has 1 heterocycles. The van der Waals surface area contributed by atoms with E-state index >= 15 is 0 Å². The minimum absolute atomic E-state index is 0.198. The van der Waals surface area contributed by atoms with Crippen LogP contribution in [0.1, 0.15) is 24.5 Å². The van der Waals surface area contributed by atoms with Gasteiger partial charge >= 0.3 is 0 Å². The third-order valence-corrected chi connectivity index (χ3v) is 5.14. The second-order valence-electron chi connectivity index (χ2n) is 4.83. The van der Waals surface area contributed by atoms with E-state index in [4.69, 9.17) is 0 Å². The Hall–Kier alpha value is -1.07. The predicted molar refractivity (Wildman–Crippen MR) is 65.3 cm³/mol. The number of hydrogen-bond acceptors (Lipinski definition) is 3. The molecule has 1 aliphatic heterocycles. The fraction of sp³-hybridized carbons (Fsp3) is 0.500. The van der Waals surface area contributed by atoms with Gasteiger partial charge in [0, 0.05) is 12.1 Å². The monoisotopic (exact) mass is 253 g/mol. The van der Waals surface area contributed by atoms with Crippen molar-refractivity contribution in [1.29, 1.82) is 0 Å². The number of hydrogen-bond donors (Lipinski definition) is 1. The Morgan fingerprint density at radius 1 is 1.29 bits per heavy atom. The summed E-state index contributed by atoms with van der Waals surface area (Å²) in [6.45, 7) is 0.562. The van der Waals surface area contributed by atoms with E-state index < -0.39 is 16.1 Å². The van der Waals surface area contributed by atoms with Crippen molar-refractivity contribution in [3.8, 4) is 0 Å². The van der Waals surface area contributed by atoms with E-state index in [1.165, 1.54) is 4.31 Å². The molecule has 1 atom stereocenters. The van der Waals surface area contributed by atoms with Crippen LogP contribution in [0.15, 0.2) is 24.3 Å². The number of para-hydroxylation sites is 1. The fourth-order valence-corrected chi connectivity index (χ4v) is 3.93. The number of anilines is 1. The number of aliphatic hydroxyl groups is 1. The number of fused-ring (bicyclic) bond motifs is 1. The molecule has 17 heavy (non-hydrogen) atoms. The Labute approximate surface area is 101 Å². The third kappa shape index (κ3) is 1.93. The molecule has 2 aliphatic rings. The van der Waals surface area contributed by atoms with E-state index in [0.29, 0.717) is 18.2 Å². The standard InChI is InChI=1S/C12H15NO3S/c14-12-8-17(15,16)13(7-9-5-6-9)11-4-2-1-3-10(11)12/h1-4,9,12,14H,5-8H2/t12-/m0/s1. The van der Waals surface area contributed by atoms with E-state index in [9.17, 15) is 13.5 Å². The summed E-state index contributed by atoms with van der Waals surface area (Å²) < 4.78 is 25.6. The lowest BCUT2D eigenvalue weighted by Gasteiger charge is -2.33. The first-order valence-corrected chi connectivity index (χ1v) is 7.46. The first kappa shape index (κ1) is 11.0. The molecule has 1 aromatic carbocycles. The molecule has 0 saturated heterocycles. The van der Waals surface area contributed by atoms with Crippen molar-refractivity contribution in [1.82, 2.24) is 0 Å². The van der Waals surface area contributed by atoms with Gasteiger partial charge in [-0.15, -0.1) is 0 Å². The maximum Gasteiger partial charge on any atom is 0.238 e. The summed E-state index contributed by atoms with van der Waals surface area (Å²) in [5, 5.41) is 9.86. The molecule has 1 aromatic rings. The van der Waals surface area contributed by atoms with Gasteiger partial charge in [0.15, 0.2) is 0 Å². The van der Waals surface area contributed by atoms with Crippen molar-refractivity contribution < 1.29 is 13.5 Å². The molecule has 92 valence electrons. The van der Waals surface area contributed by atoms with Crippen LogP contribution in [0.2, 0.25) is 0 Å². The highest BCUT2D eigenvalue weighted by atomic mass is 32.2. The molecule has 0 amide bonds. The van der Waals surface area contributed by atoms with Crippen molar-refractivity contribution in [2.24, 2.45) is 5.92 Å². The van der Waals surface area contributed by atoms with E-state index in [-0.39, 0.29) is 5.75 Å². The van der Waals surface area contributed by atoms with Crippen LogP contribution in [-0.2, 0) is 10.0 Å². The van der Waals surface area contributed by atoms with Gasteiger partial charge in [0.25, 0.3) is 0 Å². The lowest BCUT2D eigenvalue weighted by atomic mass is 10.1. The molecule has 0 unspecified atom stereocenters. The van der Waals surface area contributed by atoms with Crippen molar-refractivity contribution in [2.45, 2.75) is 18.9 Å². The van der Waals surface area contributed by atoms with Crippen LogP contribution in [-0.4, -0.2) is 25.8 Å². The van der Waals surface area contributed by atoms with Gasteiger partial charge in [0.2, 0.25) is 10.0 Å². The highest BCUT2D eigenvalue weighted by Gasteiger charge is 2.37. The Morgan fingerprint density at radius 2 is 2.00 bits per heavy atom. The highest BCUT2D eigenvalue weighted by Crippen LogP contribution is 2.39. The fourth-order valence-electron chi connectivity index (χ4n) is 2.27. The Balaban J connectivity index is 2.06. The minimum atomic E-state index is -3.36. The number of sulfonamides is 1. The first-order chi connectivity index (χ1) is 8.08. The molecular formula is C12H15NO3S. The van der Waals surface area contributed by atoms with Crippen LogP contribution in [0, 0.1) is 5.92 Å². The molecule has 1 fully saturated rings. The van der Waals surface area contributed by atoms with Crippen LogP contribution in [0.3, 0.4) is 0 Å². The molecule has 1 N–H and O–H groups in total. The Kier molecular flexibility index (Phi) is 2.41. The second kappa shape index (κ2) is 3.71. The summed E-state index contributed by atoms with van der Waals surface area (Å²) in [6, 6.07) is 7.22. The Bertz CT molecular complexity index is 536. The molecule has 4 nitrogen and oxygen atoms in total. The molecule has 3 rings (SSSR count). The summed E-state index contributed by atoms with van der Waals surface area (Å²) >= 11 is 0. The maximum atomic E-state index is 12.1. The molecule has 0 spiro atoms. The molecule has 0 aromatic heterocycles. The van der Waals surface area contributed by atoms with E-state index in [1.807, 2.05) is 12.1 Å². The summed E-state index contributed by atoms with van der Waals surface area (Å²) in [5.41, 5.74) is 1.38. The van der Waals surface area contributed by atoms with Crippen molar-refractivity contribution in [3.63, 3.8) is 0 Å². The normalized spacial score (nSPS) is 26.6. The average Bonchev–Trinajstić information content (AvgIpc) is 3.07. The van der Waals surface area contributed by atoms with Gasteiger partial charge in [0.05, 0.1) is 17.5 Å². The van der Waals surface area contributed by atoms with E-state index in [0.717, 1.165) is 18.4 Å². The largest absolute Gasteiger partial charge is 0.387 e. The van der Waals surface area contributed by atoms with Crippen LogP contribution in [0.4, 0.5) is 5.69 Å². The second-order valence-corrected chi connectivity index (χ2v) is 6.77. The van der Waals surface area contributed by atoms with Gasteiger partial charge in [0.1, 0.15) is 0 Å². The quantitative estimate of drug-likeness (QED) is 0.863. The van der Waals surface area contributed by atoms with E-state index in [1.54, 1.807) is 12.1 Å². The molecule has 0 radical (unpaired) electrons.